The van der Waals surface area contributed by atoms with Crippen molar-refractivity contribution in [2.75, 3.05) is 30.0 Å². The maximum absolute atomic E-state index is 12.7. The molecule has 1 amide bonds. The van der Waals surface area contributed by atoms with Crippen LogP contribution in [0, 0.1) is 0 Å². The number of carbonyl (C=O) groups is 3. The molecule has 0 saturated heterocycles. The number of carbonyl (C=O) groups excluding carboxylic acids is 3. The van der Waals surface area contributed by atoms with Crippen LogP contribution < -0.4 is 11.1 Å². The molecule has 8 N–H and O–H groups in total. The minimum absolute atomic E-state index is 0.0271. The third kappa shape index (κ3) is 22.7. The average molecular weight is 762 g/mol. The van der Waals surface area contributed by atoms with Crippen LogP contribution in [-0.4, -0.2) is 120 Å². The van der Waals surface area contributed by atoms with E-state index in [-0.39, 0.29) is 48.8 Å². The first kappa shape index (κ1) is 47.7. The largest absolute Gasteiger partial charge is 0.462 e. The number of aliphatic hydroxyl groups excluding tert-OH is 5. The van der Waals surface area contributed by atoms with E-state index in [1.54, 1.807) is 0 Å². The van der Waals surface area contributed by atoms with Crippen molar-refractivity contribution in [2.45, 2.75) is 173 Å². The second-order valence-corrected chi connectivity index (χ2v) is 14.6. The maximum Gasteiger partial charge on any atom is 0.306 e. The normalized spacial score (nSPS) is 15.0. The predicted molar refractivity (Wildman–Crippen MR) is 200 cm³/mol. The number of hydrogen-bond acceptors (Lipinski definition) is 14. The molecule has 52 heavy (non-hydrogen) atoms. The third-order valence-corrected chi connectivity index (χ3v) is 9.83. The Kier molecular flexibility index (Phi) is 27.5. The second-order valence-electron chi connectivity index (χ2n) is 13.5. The Morgan fingerprint density at radius 1 is 0.788 bits per heavy atom. The zero-order valence-corrected chi connectivity index (χ0v) is 32.2. The molecular weight excluding hydrogens is 694 g/mol. The molecule has 1 rings (SSSR count). The number of anilines is 1. The summed E-state index contributed by atoms with van der Waals surface area (Å²) in [6.07, 6.45) is 12.2. The monoisotopic (exact) mass is 761 g/mol. The molecule has 1 heterocycles. The van der Waals surface area contributed by atoms with Gasteiger partial charge in [0, 0.05) is 24.3 Å². The van der Waals surface area contributed by atoms with Crippen molar-refractivity contribution in [3.8, 4) is 0 Å². The van der Waals surface area contributed by atoms with E-state index in [0.717, 1.165) is 49.6 Å². The number of thioether (sulfide) groups is 1. The van der Waals surface area contributed by atoms with Gasteiger partial charge in [-0.3, -0.25) is 14.4 Å². The van der Waals surface area contributed by atoms with Gasteiger partial charge < -0.3 is 46.1 Å². The van der Waals surface area contributed by atoms with Crippen LogP contribution in [0.2, 0.25) is 0 Å². The number of unbranched alkanes of at least 4 members (excludes halogenated alkanes) is 14. The van der Waals surface area contributed by atoms with Crippen LogP contribution in [0.15, 0.2) is 6.20 Å². The van der Waals surface area contributed by atoms with Crippen molar-refractivity contribution in [3.63, 3.8) is 0 Å². The van der Waals surface area contributed by atoms with Gasteiger partial charge in [-0.15, -0.1) is 5.10 Å². The first-order valence-electron chi connectivity index (χ1n) is 19.2. The molecule has 0 saturated carbocycles. The Morgan fingerprint density at radius 2 is 1.31 bits per heavy atom. The fourth-order valence-corrected chi connectivity index (χ4v) is 6.32. The first-order valence-corrected chi connectivity index (χ1v) is 20.4. The van der Waals surface area contributed by atoms with Crippen LogP contribution in [-0.2, 0) is 30.4 Å². The molecule has 0 unspecified atom stereocenters. The summed E-state index contributed by atoms with van der Waals surface area (Å²) in [5.74, 6) is -0.792. The number of nitrogens with one attached hydrogen (secondary N) is 1. The second kappa shape index (κ2) is 30.0. The summed E-state index contributed by atoms with van der Waals surface area (Å²) < 4.78 is 12.3. The van der Waals surface area contributed by atoms with Gasteiger partial charge in [0.15, 0.2) is 5.82 Å². The summed E-state index contributed by atoms with van der Waals surface area (Å²) in [5, 5.41) is 58.4. The molecule has 1 aromatic heterocycles. The first-order chi connectivity index (χ1) is 25.0. The van der Waals surface area contributed by atoms with Crippen molar-refractivity contribution in [3.05, 3.63) is 6.20 Å². The van der Waals surface area contributed by atoms with Crippen molar-refractivity contribution in [1.82, 2.24) is 15.0 Å². The van der Waals surface area contributed by atoms with Gasteiger partial charge in [0.2, 0.25) is 5.91 Å². The number of rotatable bonds is 33. The van der Waals surface area contributed by atoms with Gasteiger partial charge in [-0.2, -0.15) is 11.8 Å². The van der Waals surface area contributed by atoms with Crippen LogP contribution in [0.5, 0.6) is 0 Å². The summed E-state index contributed by atoms with van der Waals surface area (Å²) in [7, 11) is 0. The van der Waals surface area contributed by atoms with Crippen molar-refractivity contribution in [1.29, 1.82) is 0 Å². The number of hydrogen-bond donors (Lipinski definition) is 7. The molecule has 16 heteroatoms. The van der Waals surface area contributed by atoms with E-state index >= 15 is 0 Å². The van der Waals surface area contributed by atoms with E-state index in [1.807, 2.05) is 0 Å². The SMILES string of the molecule is CCCCCCCCCCC(=O)OC[C@H](CSC[C@@H](N)C(=O)Nc1cn(C[C@H](O)[C@H](O)[C@H](O)[C@H](O)CO)nn1)OC(=O)CCCCCCCCCC. The predicted octanol–water partition coefficient (Wildman–Crippen LogP) is 3.23. The Hall–Kier alpha value is -2.34. The Balaban J connectivity index is 2.56. The number of amides is 1. The minimum atomic E-state index is -1.79. The fraction of sp³-hybridized carbons (Fsp3) is 0.861. The lowest BCUT2D eigenvalue weighted by Crippen LogP contribution is -2.47. The highest BCUT2D eigenvalue weighted by Crippen LogP contribution is 2.15. The van der Waals surface area contributed by atoms with E-state index < -0.39 is 49.1 Å². The molecule has 0 aliphatic carbocycles. The van der Waals surface area contributed by atoms with Gasteiger partial charge in [-0.1, -0.05) is 109 Å². The fourth-order valence-electron chi connectivity index (χ4n) is 5.35. The van der Waals surface area contributed by atoms with Gasteiger partial charge in [0.25, 0.3) is 0 Å². The smallest absolute Gasteiger partial charge is 0.306 e. The van der Waals surface area contributed by atoms with E-state index in [4.69, 9.17) is 20.3 Å². The summed E-state index contributed by atoms with van der Waals surface area (Å²) in [5.41, 5.74) is 6.10. The van der Waals surface area contributed by atoms with E-state index in [9.17, 15) is 34.8 Å². The molecule has 0 spiro atoms. The quantitative estimate of drug-likeness (QED) is 0.0402. The number of esters is 2. The molecule has 0 fully saturated rings. The summed E-state index contributed by atoms with van der Waals surface area (Å²) in [6, 6.07) is -0.976. The van der Waals surface area contributed by atoms with Gasteiger partial charge in [-0.05, 0) is 12.8 Å². The zero-order chi connectivity index (χ0) is 38.6. The molecular formula is C36H67N5O10S. The Labute approximate surface area is 313 Å². The molecule has 6 atom stereocenters. The molecule has 0 radical (unpaired) electrons. The number of ether oxygens (including phenoxy) is 2. The highest BCUT2D eigenvalue weighted by molar-refractivity contribution is 7.99. The number of aliphatic hydroxyl groups is 5. The van der Waals surface area contributed by atoms with Gasteiger partial charge in [-0.25, -0.2) is 4.68 Å². The standard InChI is InChI=1S/C36H67N5O10S/c1-3-5-7-9-11-13-15-17-19-32(45)50-24-27(51-33(46)20-18-16-14-12-10-8-6-4-2)25-52-26-28(37)36(49)38-31-22-41(40-39-31)21-29(43)34(47)35(48)30(44)23-42/h22,27-30,34-35,42-44,47-48H,3-21,23-26,37H2,1-2H3,(H,38,49)/t27-,28-,29+,30-,34+,35-/m1/s1. The lowest BCUT2D eigenvalue weighted by atomic mass is 10.0. The third-order valence-electron chi connectivity index (χ3n) is 8.62. The molecule has 15 nitrogen and oxygen atoms in total. The highest BCUT2D eigenvalue weighted by atomic mass is 32.2. The van der Waals surface area contributed by atoms with Crippen LogP contribution in [0.4, 0.5) is 5.82 Å². The van der Waals surface area contributed by atoms with Crippen LogP contribution >= 0.6 is 11.8 Å². The van der Waals surface area contributed by atoms with E-state index in [2.05, 4.69) is 29.5 Å². The van der Waals surface area contributed by atoms with E-state index in [1.165, 1.54) is 75.7 Å². The van der Waals surface area contributed by atoms with Crippen LogP contribution in [0.25, 0.3) is 0 Å². The molecule has 0 aliphatic heterocycles. The van der Waals surface area contributed by atoms with Crippen LogP contribution in [0.1, 0.15) is 129 Å². The summed E-state index contributed by atoms with van der Waals surface area (Å²) in [4.78, 5) is 37.8. The Bertz CT molecular complexity index is 1080. The minimum Gasteiger partial charge on any atom is -0.462 e. The van der Waals surface area contributed by atoms with Crippen molar-refractivity contribution >= 4 is 35.4 Å². The zero-order valence-electron chi connectivity index (χ0n) is 31.4. The number of nitrogens with zero attached hydrogens (tertiary/aromatic N) is 3. The number of aromatic nitrogens is 3. The number of nitrogens with two attached hydrogens (primary N) is 1. The molecule has 302 valence electrons. The Morgan fingerprint density at radius 3 is 1.87 bits per heavy atom. The van der Waals surface area contributed by atoms with E-state index in [0.29, 0.717) is 6.42 Å². The van der Waals surface area contributed by atoms with Crippen molar-refractivity contribution < 1.29 is 49.4 Å². The molecule has 0 aromatic carbocycles. The van der Waals surface area contributed by atoms with Gasteiger partial charge in [0.1, 0.15) is 37.1 Å². The maximum atomic E-state index is 12.7. The lowest BCUT2D eigenvalue weighted by molar-refractivity contribution is -0.157. The highest BCUT2D eigenvalue weighted by Gasteiger charge is 2.30. The lowest BCUT2D eigenvalue weighted by Gasteiger charge is -2.25. The van der Waals surface area contributed by atoms with Crippen molar-refractivity contribution in [2.24, 2.45) is 5.73 Å². The summed E-state index contributed by atoms with van der Waals surface area (Å²) in [6.45, 7) is 3.17. The molecule has 1 aromatic rings. The molecule has 0 aliphatic rings. The topological polar surface area (TPSA) is 240 Å². The average Bonchev–Trinajstić information content (AvgIpc) is 3.57. The summed E-state index contributed by atoms with van der Waals surface area (Å²) >= 11 is 1.28. The molecule has 0 bridgehead atoms. The van der Waals surface area contributed by atoms with Gasteiger partial charge >= 0.3 is 11.9 Å². The van der Waals surface area contributed by atoms with Crippen LogP contribution in [0.3, 0.4) is 0 Å². The van der Waals surface area contributed by atoms with Gasteiger partial charge in [0.05, 0.1) is 25.4 Å².